The minimum Gasteiger partial charge on any atom is -0.486 e. The second-order valence-electron chi connectivity index (χ2n) is 7.42. The summed E-state index contributed by atoms with van der Waals surface area (Å²) in [4.78, 5) is 36.8. The van der Waals surface area contributed by atoms with Crippen molar-refractivity contribution in [2.24, 2.45) is 5.92 Å². The highest BCUT2D eigenvalue weighted by atomic mass is 16.6. The summed E-state index contributed by atoms with van der Waals surface area (Å²) in [5, 5.41) is 5.21. The number of ether oxygens (including phenoxy) is 3. The monoisotopic (exact) mass is 422 g/mol. The number of hydrogen-bond acceptors (Lipinski definition) is 6. The number of quaternary nitrogens is 1. The summed E-state index contributed by atoms with van der Waals surface area (Å²) < 4.78 is 15.9. The number of nitrogens with one attached hydrogen (secondary N) is 3. The van der Waals surface area contributed by atoms with Crippen molar-refractivity contribution in [3.05, 3.63) is 23.8 Å². The van der Waals surface area contributed by atoms with Gasteiger partial charge in [-0.2, -0.15) is 0 Å². The molecule has 1 heterocycles. The van der Waals surface area contributed by atoms with Crippen LogP contribution in [0.25, 0.3) is 0 Å². The van der Waals surface area contributed by atoms with Gasteiger partial charge in [0.2, 0.25) is 0 Å². The second-order valence-corrected chi connectivity index (χ2v) is 7.42. The summed E-state index contributed by atoms with van der Waals surface area (Å²) in [6.07, 6.45) is -0.777. The van der Waals surface area contributed by atoms with Crippen molar-refractivity contribution in [3.63, 3.8) is 0 Å². The lowest BCUT2D eigenvalue weighted by molar-refractivity contribution is -0.881. The molecule has 3 N–H and O–H groups in total. The Kier molecular flexibility index (Phi) is 8.91. The molecule has 0 saturated heterocycles. The zero-order valence-electron chi connectivity index (χ0n) is 18.1. The Morgan fingerprint density at radius 1 is 1.07 bits per heavy atom. The largest absolute Gasteiger partial charge is 0.486 e. The van der Waals surface area contributed by atoms with Crippen LogP contribution in [0.1, 0.15) is 39.3 Å². The minimum atomic E-state index is -0.777. The maximum absolute atomic E-state index is 12.7. The van der Waals surface area contributed by atoms with Crippen LogP contribution in [0.5, 0.6) is 11.5 Å². The molecule has 1 aliphatic rings. The molecule has 2 atom stereocenters. The first kappa shape index (κ1) is 23.5. The Morgan fingerprint density at radius 3 is 2.37 bits per heavy atom. The van der Waals surface area contributed by atoms with Crippen LogP contribution in [0.15, 0.2) is 18.2 Å². The number of benzene rings is 1. The summed E-state index contributed by atoms with van der Waals surface area (Å²) in [6, 6.07) is 5.47. The standard InChI is InChI=1S/C21H31N3O6/c1-5-24(13-19(26)23-21(27)28-6-2)12-18(25)22-20(14(3)4)15-7-8-16-17(11-15)30-10-9-29-16/h7-8,11,14,20H,5-6,9-10,12-13H2,1-4H3,(H,22,25)(H,23,26,27)/p+1/t20-/m0/s1. The van der Waals surface area contributed by atoms with Crippen LogP contribution in [-0.4, -0.2) is 57.4 Å². The fraction of sp³-hybridized carbons (Fsp3) is 0.571. The molecule has 1 aromatic rings. The molecule has 9 nitrogen and oxygen atoms in total. The number of fused-ring (bicyclic) bond motifs is 1. The van der Waals surface area contributed by atoms with Crippen molar-refractivity contribution in [2.75, 3.05) is 39.5 Å². The molecule has 0 radical (unpaired) electrons. The second kappa shape index (κ2) is 11.4. The lowest BCUT2D eigenvalue weighted by Gasteiger charge is -2.26. The molecule has 2 rings (SSSR count). The van der Waals surface area contributed by atoms with E-state index >= 15 is 0 Å². The Balaban J connectivity index is 1.97. The number of imide groups is 1. The summed E-state index contributed by atoms with van der Waals surface area (Å²) in [7, 11) is 0. The number of rotatable bonds is 9. The van der Waals surface area contributed by atoms with E-state index in [1.165, 1.54) is 0 Å². The summed E-state index contributed by atoms with van der Waals surface area (Å²) in [5.74, 6) is 0.867. The van der Waals surface area contributed by atoms with Crippen LogP contribution in [0, 0.1) is 5.92 Å². The van der Waals surface area contributed by atoms with E-state index in [-0.39, 0.29) is 37.6 Å². The van der Waals surface area contributed by atoms with E-state index in [0.29, 0.717) is 31.3 Å². The van der Waals surface area contributed by atoms with Crippen LogP contribution in [0.2, 0.25) is 0 Å². The molecule has 0 spiro atoms. The molecule has 1 aromatic carbocycles. The highest BCUT2D eigenvalue weighted by Gasteiger charge is 2.24. The van der Waals surface area contributed by atoms with Gasteiger partial charge in [0.05, 0.1) is 19.2 Å². The van der Waals surface area contributed by atoms with Crippen molar-refractivity contribution in [3.8, 4) is 11.5 Å². The first-order valence-corrected chi connectivity index (χ1v) is 10.3. The van der Waals surface area contributed by atoms with Crippen LogP contribution in [-0.2, 0) is 14.3 Å². The van der Waals surface area contributed by atoms with Gasteiger partial charge >= 0.3 is 6.09 Å². The molecule has 1 aliphatic heterocycles. The lowest BCUT2D eigenvalue weighted by Crippen LogP contribution is -3.14. The first-order chi connectivity index (χ1) is 14.3. The van der Waals surface area contributed by atoms with Gasteiger partial charge in [0.1, 0.15) is 13.2 Å². The summed E-state index contributed by atoms with van der Waals surface area (Å²) >= 11 is 0. The predicted octanol–water partition coefficient (Wildman–Crippen LogP) is 0.449. The van der Waals surface area contributed by atoms with E-state index in [0.717, 1.165) is 10.5 Å². The average Bonchev–Trinajstić information content (AvgIpc) is 2.71. The summed E-state index contributed by atoms with van der Waals surface area (Å²) in [5.41, 5.74) is 0.931. The van der Waals surface area contributed by atoms with E-state index in [4.69, 9.17) is 14.2 Å². The molecule has 166 valence electrons. The molecule has 0 aliphatic carbocycles. The molecule has 30 heavy (non-hydrogen) atoms. The van der Waals surface area contributed by atoms with E-state index in [1.54, 1.807) is 6.92 Å². The number of likely N-dealkylation sites (N-methyl/N-ethyl adjacent to an activating group) is 1. The van der Waals surface area contributed by atoms with Gasteiger partial charge in [-0.05, 0) is 37.5 Å². The van der Waals surface area contributed by atoms with Crippen molar-refractivity contribution in [1.29, 1.82) is 0 Å². The van der Waals surface area contributed by atoms with Gasteiger partial charge in [-0.15, -0.1) is 0 Å². The highest BCUT2D eigenvalue weighted by molar-refractivity contribution is 5.92. The maximum Gasteiger partial charge on any atom is 0.414 e. The molecule has 0 saturated carbocycles. The van der Waals surface area contributed by atoms with Gasteiger partial charge < -0.3 is 24.4 Å². The Bertz CT molecular complexity index is 752. The molecular weight excluding hydrogens is 390 g/mol. The van der Waals surface area contributed by atoms with Crippen molar-refractivity contribution < 1.29 is 33.5 Å². The van der Waals surface area contributed by atoms with Gasteiger partial charge in [-0.3, -0.25) is 14.9 Å². The number of carbonyl (C=O) groups excluding carboxylic acids is 3. The Morgan fingerprint density at radius 2 is 1.73 bits per heavy atom. The van der Waals surface area contributed by atoms with Crippen molar-refractivity contribution >= 4 is 17.9 Å². The van der Waals surface area contributed by atoms with Gasteiger partial charge in [0.15, 0.2) is 24.6 Å². The number of amides is 3. The van der Waals surface area contributed by atoms with Crippen LogP contribution in [0.4, 0.5) is 4.79 Å². The normalized spacial score (nSPS) is 14.6. The molecule has 3 amide bonds. The van der Waals surface area contributed by atoms with E-state index < -0.39 is 12.0 Å². The third-order valence-electron chi connectivity index (χ3n) is 4.75. The van der Waals surface area contributed by atoms with Crippen molar-refractivity contribution in [2.45, 2.75) is 33.7 Å². The van der Waals surface area contributed by atoms with E-state index in [1.807, 2.05) is 39.0 Å². The average molecular weight is 423 g/mol. The zero-order chi connectivity index (χ0) is 22.1. The Hall–Kier alpha value is -2.81. The topological polar surface area (TPSA) is 107 Å². The van der Waals surface area contributed by atoms with Gasteiger partial charge in [0, 0.05) is 0 Å². The maximum atomic E-state index is 12.7. The lowest BCUT2D eigenvalue weighted by atomic mass is 9.95. The van der Waals surface area contributed by atoms with Crippen LogP contribution >= 0.6 is 0 Å². The van der Waals surface area contributed by atoms with Crippen LogP contribution in [0.3, 0.4) is 0 Å². The molecule has 0 fully saturated rings. The van der Waals surface area contributed by atoms with Gasteiger partial charge in [-0.1, -0.05) is 19.9 Å². The van der Waals surface area contributed by atoms with Gasteiger partial charge in [0.25, 0.3) is 11.8 Å². The zero-order valence-corrected chi connectivity index (χ0v) is 18.1. The molecule has 0 aromatic heterocycles. The quantitative estimate of drug-likeness (QED) is 0.533. The van der Waals surface area contributed by atoms with E-state index in [2.05, 4.69) is 10.6 Å². The number of hydrogen-bond donors (Lipinski definition) is 3. The summed E-state index contributed by atoms with van der Waals surface area (Å²) in [6.45, 7) is 9.46. The third kappa shape index (κ3) is 6.91. The van der Waals surface area contributed by atoms with Crippen LogP contribution < -0.4 is 25.0 Å². The molecule has 0 bridgehead atoms. The van der Waals surface area contributed by atoms with Crippen molar-refractivity contribution in [1.82, 2.24) is 10.6 Å². The highest BCUT2D eigenvalue weighted by Crippen LogP contribution is 2.34. The molecule has 1 unspecified atom stereocenters. The number of alkyl carbamates (subject to hydrolysis) is 1. The molecule has 9 heteroatoms. The van der Waals surface area contributed by atoms with Gasteiger partial charge in [-0.25, -0.2) is 4.79 Å². The fourth-order valence-electron chi connectivity index (χ4n) is 3.20. The Labute approximate surface area is 177 Å². The fourth-order valence-corrected chi connectivity index (χ4v) is 3.20. The minimum absolute atomic E-state index is 0.000889. The number of carbonyl (C=O) groups is 3. The smallest absolute Gasteiger partial charge is 0.414 e. The SMILES string of the molecule is CCOC(=O)NC(=O)C[NH+](CC)CC(=O)N[C@H](c1ccc2c(c1)OCCO2)C(C)C. The third-order valence-corrected chi connectivity index (χ3v) is 4.75. The molecular formula is C21H32N3O6+. The first-order valence-electron chi connectivity index (χ1n) is 10.3. The van der Waals surface area contributed by atoms with E-state index in [9.17, 15) is 14.4 Å². The predicted molar refractivity (Wildman–Crippen MR) is 110 cm³/mol.